The molecule has 129 valence electrons. The van der Waals surface area contributed by atoms with Crippen LogP contribution >= 0.6 is 11.6 Å². The van der Waals surface area contributed by atoms with Crippen LogP contribution in [-0.2, 0) is 0 Å². The molecule has 3 aromatic rings. The van der Waals surface area contributed by atoms with Gasteiger partial charge in [-0.2, -0.15) is 8.78 Å². The highest BCUT2D eigenvalue weighted by Crippen LogP contribution is 2.32. The van der Waals surface area contributed by atoms with Gasteiger partial charge in [0.1, 0.15) is 11.5 Å². The van der Waals surface area contributed by atoms with E-state index in [4.69, 9.17) is 16.3 Å². The fraction of sp³-hybridized carbons (Fsp3) is 0.167. The van der Waals surface area contributed by atoms with Gasteiger partial charge in [-0.05, 0) is 43.3 Å². The number of rotatable bonds is 4. The van der Waals surface area contributed by atoms with Crippen LogP contribution in [0.5, 0.6) is 11.5 Å². The van der Waals surface area contributed by atoms with E-state index in [1.54, 1.807) is 19.1 Å². The van der Waals surface area contributed by atoms with E-state index in [2.05, 4.69) is 10.8 Å². The van der Waals surface area contributed by atoms with Gasteiger partial charge >= 0.3 is 6.61 Å². The van der Waals surface area contributed by atoms with Gasteiger partial charge in [0.05, 0.1) is 17.6 Å². The molecule has 25 heavy (non-hydrogen) atoms. The fourth-order valence-corrected chi connectivity index (χ4v) is 2.82. The molecular weight excluding hydrogens is 352 g/mol. The number of aromatic nitrogens is 1. The Morgan fingerprint density at radius 3 is 2.52 bits per heavy atom. The number of fused-ring (bicyclic) bond motifs is 1. The van der Waals surface area contributed by atoms with Crippen LogP contribution in [0.25, 0.3) is 10.9 Å². The Bertz CT molecular complexity index is 936. The second-order valence-electron chi connectivity index (χ2n) is 5.26. The van der Waals surface area contributed by atoms with Crippen molar-refractivity contribution in [3.63, 3.8) is 0 Å². The second kappa shape index (κ2) is 6.72. The molecule has 1 aromatic heterocycles. The molecule has 0 aliphatic carbocycles. The lowest BCUT2D eigenvalue weighted by Gasteiger charge is -2.09. The number of halogens is 3. The number of hydrogen-bond donors (Lipinski definition) is 0. The molecular formula is C18H13ClF2NO3. The number of methoxy groups -OCH3 is 1. The van der Waals surface area contributed by atoms with Crippen molar-refractivity contribution in [1.29, 1.82) is 0 Å². The highest BCUT2D eigenvalue weighted by molar-refractivity contribution is 6.33. The standard InChI is InChI=1S/C18H13ClF2NO3/c1-10-7-12-8-16(24-2)14(19)9-15(12)22(10)17(23)11-3-5-13(6-4-11)25-18(20)21/h3-6,8-9,18H,1-2H3. The van der Waals surface area contributed by atoms with E-state index in [9.17, 15) is 13.6 Å². The first-order chi connectivity index (χ1) is 11.9. The topological polar surface area (TPSA) is 40.5 Å². The van der Waals surface area contributed by atoms with Gasteiger partial charge in [-0.3, -0.25) is 9.36 Å². The number of nitrogens with zero attached hydrogens (tertiary/aromatic N) is 1. The van der Waals surface area contributed by atoms with Crippen molar-refractivity contribution in [2.24, 2.45) is 0 Å². The van der Waals surface area contributed by atoms with E-state index < -0.39 is 6.61 Å². The maximum atomic E-state index is 12.8. The lowest BCUT2D eigenvalue weighted by atomic mass is 10.2. The third-order valence-corrected chi connectivity index (χ3v) is 3.99. The number of benzene rings is 2. The molecule has 0 aliphatic heterocycles. The third-order valence-electron chi connectivity index (χ3n) is 3.69. The maximum Gasteiger partial charge on any atom is 0.387 e. The fourth-order valence-electron chi connectivity index (χ4n) is 2.59. The molecule has 0 N–H and O–H groups in total. The summed E-state index contributed by atoms with van der Waals surface area (Å²) in [4.78, 5) is 12.8. The maximum absolute atomic E-state index is 12.8. The van der Waals surface area contributed by atoms with Gasteiger partial charge in [0.2, 0.25) is 0 Å². The van der Waals surface area contributed by atoms with Crippen LogP contribution in [0.2, 0.25) is 5.02 Å². The Morgan fingerprint density at radius 2 is 1.92 bits per heavy atom. The number of alkyl halides is 2. The minimum Gasteiger partial charge on any atom is -0.495 e. The molecule has 0 unspecified atom stereocenters. The van der Waals surface area contributed by atoms with E-state index in [0.29, 0.717) is 32.9 Å². The van der Waals surface area contributed by atoms with Crippen LogP contribution in [-0.4, -0.2) is 24.2 Å². The lowest BCUT2D eigenvalue weighted by molar-refractivity contribution is -0.0498. The summed E-state index contributed by atoms with van der Waals surface area (Å²) in [6, 6.07) is 11.9. The van der Waals surface area contributed by atoms with Crippen LogP contribution in [0.4, 0.5) is 8.78 Å². The van der Waals surface area contributed by atoms with E-state index in [1.807, 2.05) is 0 Å². The first-order valence-corrected chi connectivity index (χ1v) is 7.66. The second-order valence-corrected chi connectivity index (χ2v) is 5.66. The lowest BCUT2D eigenvalue weighted by Crippen LogP contribution is -2.13. The molecule has 0 aliphatic rings. The number of carbonyl (C=O) groups is 1. The summed E-state index contributed by atoms with van der Waals surface area (Å²) < 4.78 is 35.3. The summed E-state index contributed by atoms with van der Waals surface area (Å²) in [6.07, 6.45) is 0. The normalized spacial score (nSPS) is 11.1. The summed E-state index contributed by atoms with van der Waals surface area (Å²) in [5.41, 5.74) is 1.50. The minimum absolute atomic E-state index is 0.0139. The number of carbonyl (C=O) groups excluding carboxylic acids is 1. The van der Waals surface area contributed by atoms with Crippen molar-refractivity contribution >= 4 is 28.4 Å². The van der Waals surface area contributed by atoms with E-state index in [0.717, 1.165) is 0 Å². The predicted octanol–water partition coefficient (Wildman–Crippen LogP) is 4.70. The summed E-state index contributed by atoms with van der Waals surface area (Å²) in [5, 5.41) is 1.06. The average molecular weight is 365 g/mol. The van der Waals surface area contributed by atoms with Gasteiger partial charge in [-0.25, -0.2) is 0 Å². The monoisotopic (exact) mass is 364 g/mol. The van der Waals surface area contributed by atoms with Crippen molar-refractivity contribution < 1.29 is 23.0 Å². The summed E-state index contributed by atoms with van der Waals surface area (Å²) >= 11 is 6.15. The van der Waals surface area contributed by atoms with Gasteiger partial charge in [0.15, 0.2) is 0 Å². The zero-order chi connectivity index (χ0) is 18.1. The van der Waals surface area contributed by atoms with Gasteiger partial charge in [0, 0.05) is 22.7 Å². The van der Waals surface area contributed by atoms with Crippen LogP contribution in [0.3, 0.4) is 0 Å². The molecule has 0 atom stereocenters. The Labute approximate surface area is 147 Å². The Kier molecular flexibility index (Phi) is 4.63. The number of ether oxygens (including phenoxy) is 2. The molecule has 0 amide bonds. The third kappa shape index (κ3) is 3.30. The highest BCUT2D eigenvalue weighted by atomic mass is 35.5. The summed E-state index contributed by atoms with van der Waals surface area (Å²) in [5.74, 6) is 0.150. The molecule has 0 saturated heterocycles. The Balaban J connectivity index is 2.02. The molecule has 0 spiro atoms. The molecule has 0 bridgehead atoms. The minimum atomic E-state index is -2.91. The quantitative estimate of drug-likeness (QED) is 0.673. The first kappa shape index (κ1) is 17.2. The number of hydrogen-bond acceptors (Lipinski definition) is 3. The van der Waals surface area contributed by atoms with E-state index in [-0.39, 0.29) is 11.7 Å². The van der Waals surface area contributed by atoms with Crippen molar-refractivity contribution in [1.82, 2.24) is 4.57 Å². The van der Waals surface area contributed by atoms with Gasteiger partial charge in [-0.15, -0.1) is 0 Å². The van der Waals surface area contributed by atoms with Crippen molar-refractivity contribution in [3.8, 4) is 11.5 Å². The van der Waals surface area contributed by atoms with Crippen molar-refractivity contribution in [2.75, 3.05) is 7.11 Å². The molecule has 7 heteroatoms. The van der Waals surface area contributed by atoms with Crippen molar-refractivity contribution in [2.45, 2.75) is 13.5 Å². The van der Waals surface area contributed by atoms with Crippen molar-refractivity contribution in [3.05, 3.63) is 58.7 Å². The molecule has 1 heterocycles. The zero-order valence-electron chi connectivity index (χ0n) is 13.3. The summed E-state index contributed by atoms with van der Waals surface area (Å²) in [7, 11) is 1.51. The molecule has 3 rings (SSSR count). The van der Waals surface area contributed by atoms with Crippen LogP contribution in [0, 0.1) is 13.0 Å². The van der Waals surface area contributed by atoms with Gasteiger partial charge < -0.3 is 9.47 Å². The smallest absolute Gasteiger partial charge is 0.387 e. The van der Waals surface area contributed by atoms with Gasteiger partial charge in [-0.1, -0.05) is 11.6 Å². The predicted molar refractivity (Wildman–Crippen MR) is 89.9 cm³/mol. The molecule has 1 radical (unpaired) electrons. The van der Waals surface area contributed by atoms with Crippen LogP contribution in [0.1, 0.15) is 16.1 Å². The average Bonchev–Trinajstić information content (AvgIpc) is 2.88. The SMILES string of the molecule is COc1cc2[c]c(C)n(C(=O)c3ccc(OC(F)F)cc3)c2cc1Cl. The molecule has 0 fully saturated rings. The van der Waals surface area contributed by atoms with Gasteiger partial charge in [0.25, 0.3) is 5.91 Å². The van der Waals surface area contributed by atoms with Crippen LogP contribution in [0.15, 0.2) is 36.4 Å². The Hall–Kier alpha value is -2.60. The molecule has 4 nitrogen and oxygen atoms in total. The van der Waals surface area contributed by atoms with E-state index >= 15 is 0 Å². The molecule has 2 aromatic carbocycles. The first-order valence-electron chi connectivity index (χ1n) is 7.28. The van der Waals surface area contributed by atoms with Crippen LogP contribution < -0.4 is 9.47 Å². The largest absolute Gasteiger partial charge is 0.495 e. The zero-order valence-corrected chi connectivity index (χ0v) is 14.1. The number of aryl methyl sites for hydroxylation is 1. The highest BCUT2D eigenvalue weighted by Gasteiger charge is 2.17. The Morgan fingerprint density at radius 1 is 1.24 bits per heavy atom. The van der Waals surface area contributed by atoms with E-state index in [1.165, 1.54) is 35.9 Å². The molecule has 0 saturated carbocycles. The summed E-state index contributed by atoms with van der Waals surface area (Å²) in [6.45, 7) is -1.17.